The number of nitriles is 1. The highest BCUT2D eigenvalue weighted by molar-refractivity contribution is 5.89. The average molecular weight is 247 g/mol. The van der Waals surface area contributed by atoms with Crippen LogP contribution in [0.15, 0.2) is 24.3 Å². The van der Waals surface area contributed by atoms with Gasteiger partial charge in [-0.3, -0.25) is 0 Å². The molecule has 5 heteroatoms. The number of ether oxygens (including phenoxy) is 1. The summed E-state index contributed by atoms with van der Waals surface area (Å²) in [5.41, 5.74) is 0.663. The number of amides is 2. The van der Waals surface area contributed by atoms with Crippen LogP contribution in [0.1, 0.15) is 6.92 Å². The van der Waals surface area contributed by atoms with E-state index in [0.717, 1.165) is 0 Å². The third-order valence-electron chi connectivity index (χ3n) is 2.21. The summed E-state index contributed by atoms with van der Waals surface area (Å²) < 4.78 is 5.45. The molecule has 1 rings (SSSR count). The molecule has 0 heterocycles. The van der Waals surface area contributed by atoms with E-state index in [-0.39, 0.29) is 11.9 Å². The maximum absolute atomic E-state index is 11.5. The van der Waals surface area contributed by atoms with Crippen molar-refractivity contribution in [2.75, 3.05) is 26.0 Å². The fourth-order valence-electron chi connectivity index (χ4n) is 1.16. The van der Waals surface area contributed by atoms with Crippen molar-refractivity contribution in [3.05, 3.63) is 24.3 Å². The molecule has 0 spiro atoms. The lowest BCUT2D eigenvalue weighted by Crippen LogP contribution is -2.27. The van der Waals surface area contributed by atoms with E-state index in [2.05, 4.69) is 11.4 Å². The van der Waals surface area contributed by atoms with Crippen LogP contribution in [0.4, 0.5) is 10.5 Å². The fourth-order valence-corrected chi connectivity index (χ4v) is 1.16. The Bertz CT molecular complexity index is 452. The molecule has 0 bridgehead atoms. The number of benzene rings is 1. The number of carbonyl (C=O) groups excluding carboxylic acids is 1. The van der Waals surface area contributed by atoms with Crippen LogP contribution in [0.3, 0.4) is 0 Å². The summed E-state index contributed by atoms with van der Waals surface area (Å²) in [5, 5.41) is 11.4. The summed E-state index contributed by atoms with van der Waals surface area (Å²) in [6.45, 7) is 2.12. The lowest BCUT2D eigenvalue weighted by Gasteiger charge is -2.13. The van der Waals surface area contributed by atoms with Crippen molar-refractivity contribution in [2.45, 2.75) is 6.92 Å². The number of nitrogens with one attached hydrogen (secondary N) is 1. The number of anilines is 1. The van der Waals surface area contributed by atoms with Gasteiger partial charge in [-0.25, -0.2) is 4.79 Å². The topological polar surface area (TPSA) is 65.4 Å². The molecule has 1 atom stereocenters. The Morgan fingerprint density at radius 3 is 2.89 bits per heavy atom. The molecule has 0 saturated heterocycles. The molecule has 5 nitrogen and oxygen atoms in total. The Balaban J connectivity index is 2.62. The van der Waals surface area contributed by atoms with E-state index in [1.807, 2.05) is 0 Å². The second-order valence-corrected chi connectivity index (χ2v) is 4.19. The molecule has 18 heavy (non-hydrogen) atoms. The van der Waals surface area contributed by atoms with Gasteiger partial charge in [0.2, 0.25) is 0 Å². The summed E-state index contributed by atoms with van der Waals surface area (Å²) >= 11 is 0. The molecule has 0 saturated carbocycles. The van der Waals surface area contributed by atoms with Gasteiger partial charge < -0.3 is 15.0 Å². The molecule has 0 radical (unpaired) electrons. The van der Waals surface area contributed by atoms with E-state index < -0.39 is 0 Å². The first-order valence-corrected chi connectivity index (χ1v) is 5.63. The van der Waals surface area contributed by atoms with Gasteiger partial charge in [0.15, 0.2) is 0 Å². The van der Waals surface area contributed by atoms with Crippen molar-refractivity contribution in [1.29, 1.82) is 5.26 Å². The van der Waals surface area contributed by atoms with Gasteiger partial charge in [0, 0.05) is 25.8 Å². The monoisotopic (exact) mass is 247 g/mol. The minimum Gasteiger partial charge on any atom is -0.492 e. The molecule has 1 N–H and O–H groups in total. The lowest BCUT2D eigenvalue weighted by molar-refractivity contribution is 0.230. The lowest BCUT2D eigenvalue weighted by atomic mass is 10.2. The van der Waals surface area contributed by atoms with Crippen LogP contribution >= 0.6 is 0 Å². The van der Waals surface area contributed by atoms with Gasteiger partial charge in [0.1, 0.15) is 12.4 Å². The van der Waals surface area contributed by atoms with Crippen LogP contribution < -0.4 is 10.1 Å². The Morgan fingerprint density at radius 1 is 1.56 bits per heavy atom. The van der Waals surface area contributed by atoms with Crippen molar-refractivity contribution >= 4 is 11.7 Å². The van der Waals surface area contributed by atoms with Gasteiger partial charge in [0.25, 0.3) is 0 Å². The van der Waals surface area contributed by atoms with Crippen molar-refractivity contribution < 1.29 is 9.53 Å². The maximum atomic E-state index is 11.5. The molecule has 0 fully saturated rings. The summed E-state index contributed by atoms with van der Waals surface area (Å²) in [6.07, 6.45) is 0. The number of rotatable bonds is 4. The van der Waals surface area contributed by atoms with Crippen LogP contribution in [-0.4, -0.2) is 31.6 Å². The van der Waals surface area contributed by atoms with E-state index in [9.17, 15) is 4.79 Å². The zero-order chi connectivity index (χ0) is 13.5. The third-order valence-corrected chi connectivity index (χ3v) is 2.21. The molecule has 0 aromatic heterocycles. The molecule has 1 aromatic rings. The first-order valence-electron chi connectivity index (χ1n) is 5.63. The number of hydrogen-bond donors (Lipinski definition) is 1. The molecule has 0 aliphatic rings. The first-order chi connectivity index (χ1) is 8.52. The molecular formula is C13H17N3O2. The number of carbonyl (C=O) groups is 1. The normalized spacial score (nSPS) is 11.2. The summed E-state index contributed by atoms with van der Waals surface area (Å²) in [7, 11) is 3.34. The SMILES string of the molecule is CC(C#N)COc1cccc(NC(=O)N(C)C)c1. The van der Waals surface area contributed by atoms with Crippen molar-refractivity contribution in [2.24, 2.45) is 5.92 Å². The number of hydrogen-bond acceptors (Lipinski definition) is 3. The minimum atomic E-state index is -0.197. The Morgan fingerprint density at radius 2 is 2.28 bits per heavy atom. The smallest absolute Gasteiger partial charge is 0.321 e. The molecule has 2 amide bonds. The van der Waals surface area contributed by atoms with Gasteiger partial charge in [-0.15, -0.1) is 0 Å². The fraction of sp³-hybridized carbons (Fsp3) is 0.385. The standard InChI is InChI=1S/C13H17N3O2/c1-10(8-14)9-18-12-6-4-5-11(7-12)15-13(17)16(2)3/h4-7,10H,9H2,1-3H3,(H,15,17). The number of nitrogens with zero attached hydrogens (tertiary/aromatic N) is 2. The van der Waals surface area contributed by atoms with E-state index in [4.69, 9.17) is 10.00 Å². The molecule has 1 aromatic carbocycles. The molecular weight excluding hydrogens is 230 g/mol. The summed E-state index contributed by atoms with van der Waals surface area (Å²) in [6, 6.07) is 8.98. The van der Waals surface area contributed by atoms with Gasteiger partial charge in [-0.05, 0) is 19.1 Å². The summed E-state index contributed by atoms with van der Waals surface area (Å²) in [4.78, 5) is 12.9. The largest absolute Gasteiger partial charge is 0.492 e. The maximum Gasteiger partial charge on any atom is 0.321 e. The van der Waals surface area contributed by atoms with Crippen LogP contribution in [0.5, 0.6) is 5.75 Å². The molecule has 0 aliphatic heterocycles. The van der Waals surface area contributed by atoms with E-state index in [0.29, 0.717) is 18.0 Å². The first kappa shape index (κ1) is 13.8. The van der Waals surface area contributed by atoms with Crippen LogP contribution in [-0.2, 0) is 0 Å². The van der Waals surface area contributed by atoms with Crippen LogP contribution in [0.25, 0.3) is 0 Å². The predicted octanol–water partition coefficient (Wildman–Crippen LogP) is 2.32. The van der Waals surface area contributed by atoms with E-state index in [1.54, 1.807) is 45.3 Å². The molecule has 96 valence electrons. The predicted molar refractivity (Wildman–Crippen MR) is 69.4 cm³/mol. The van der Waals surface area contributed by atoms with Crippen LogP contribution in [0, 0.1) is 17.2 Å². The van der Waals surface area contributed by atoms with Crippen molar-refractivity contribution in [3.63, 3.8) is 0 Å². The quantitative estimate of drug-likeness (QED) is 0.888. The Hall–Kier alpha value is -2.22. The van der Waals surface area contributed by atoms with Gasteiger partial charge >= 0.3 is 6.03 Å². The Labute approximate surface area is 107 Å². The second kappa shape index (κ2) is 6.50. The van der Waals surface area contributed by atoms with Crippen molar-refractivity contribution in [1.82, 2.24) is 4.90 Å². The third kappa shape index (κ3) is 4.34. The highest BCUT2D eigenvalue weighted by atomic mass is 16.5. The van der Waals surface area contributed by atoms with Gasteiger partial charge in [-0.1, -0.05) is 6.07 Å². The highest BCUT2D eigenvalue weighted by Crippen LogP contribution is 2.18. The van der Waals surface area contributed by atoms with Gasteiger partial charge in [0.05, 0.1) is 12.0 Å². The van der Waals surface area contributed by atoms with Crippen LogP contribution in [0.2, 0.25) is 0 Å². The average Bonchev–Trinajstić information content (AvgIpc) is 2.36. The van der Waals surface area contributed by atoms with E-state index >= 15 is 0 Å². The highest BCUT2D eigenvalue weighted by Gasteiger charge is 2.05. The van der Waals surface area contributed by atoms with Crippen molar-refractivity contribution in [3.8, 4) is 11.8 Å². The number of urea groups is 1. The zero-order valence-electron chi connectivity index (χ0n) is 10.8. The second-order valence-electron chi connectivity index (χ2n) is 4.19. The molecule has 1 unspecified atom stereocenters. The molecule has 0 aliphatic carbocycles. The van der Waals surface area contributed by atoms with E-state index in [1.165, 1.54) is 4.90 Å². The minimum absolute atomic E-state index is 0.162. The zero-order valence-corrected chi connectivity index (χ0v) is 10.8. The van der Waals surface area contributed by atoms with Gasteiger partial charge in [-0.2, -0.15) is 5.26 Å². The Kier molecular flexibility index (Phi) is 5.00. The summed E-state index contributed by atoms with van der Waals surface area (Å²) in [5.74, 6) is 0.471.